The van der Waals surface area contributed by atoms with Gasteiger partial charge in [-0.15, -0.1) is 0 Å². The lowest BCUT2D eigenvalue weighted by atomic mass is 10.2. The molecule has 0 aliphatic carbocycles. The number of nitrogens with one attached hydrogen (secondary N) is 1. The highest BCUT2D eigenvalue weighted by atomic mass is 19.4. The van der Waals surface area contributed by atoms with Crippen molar-refractivity contribution in [3.05, 3.63) is 34.4 Å². The minimum absolute atomic E-state index is 0.0307. The number of hydrogen-bond donors (Lipinski definition) is 1. The molecule has 0 spiro atoms. The third kappa shape index (κ3) is 3.83. The van der Waals surface area contributed by atoms with Crippen LogP contribution < -0.4 is 5.32 Å². The van der Waals surface area contributed by atoms with Gasteiger partial charge in [-0.05, 0) is 18.6 Å². The number of rotatable bonds is 4. The largest absolute Gasteiger partial charge is 0.406 e. The quantitative estimate of drug-likeness (QED) is 0.683. The van der Waals surface area contributed by atoms with Crippen molar-refractivity contribution >= 4 is 17.3 Å². The summed E-state index contributed by atoms with van der Waals surface area (Å²) >= 11 is 0. The van der Waals surface area contributed by atoms with Crippen LogP contribution in [-0.4, -0.2) is 41.0 Å². The molecule has 21 heavy (non-hydrogen) atoms. The monoisotopic (exact) mass is 303 g/mol. The van der Waals surface area contributed by atoms with Gasteiger partial charge in [0.2, 0.25) is 5.91 Å². The van der Waals surface area contributed by atoms with Crippen molar-refractivity contribution in [2.75, 3.05) is 18.4 Å². The van der Waals surface area contributed by atoms with Crippen LogP contribution >= 0.6 is 0 Å². The first-order valence-electron chi connectivity index (χ1n) is 6.13. The number of likely N-dealkylation sites (tertiary alicyclic amines) is 1. The Morgan fingerprint density at radius 1 is 1.33 bits per heavy atom. The van der Waals surface area contributed by atoms with Crippen LogP contribution in [0.15, 0.2) is 24.3 Å². The number of amides is 1. The number of non-ortho nitro benzene ring substituents is 1. The van der Waals surface area contributed by atoms with E-state index < -0.39 is 29.6 Å². The molecule has 1 heterocycles. The van der Waals surface area contributed by atoms with E-state index in [9.17, 15) is 28.1 Å². The van der Waals surface area contributed by atoms with E-state index in [1.54, 1.807) is 0 Å². The fraction of sp³-hybridized carbons (Fsp3) is 0.417. The number of nitro benzene ring substituents is 1. The van der Waals surface area contributed by atoms with Crippen molar-refractivity contribution in [3.63, 3.8) is 0 Å². The molecule has 1 N–H and O–H groups in total. The minimum atomic E-state index is -4.42. The molecule has 6 nitrogen and oxygen atoms in total. The van der Waals surface area contributed by atoms with E-state index in [0.29, 0.717) is 5.69 Å². The minimum Gasteiger partial charge on any atom is -0.374 e. The Morgan fingerprint density at radius 2 is 1.95 bits per heavy atom. The Bertz CT molecular complexity index is 545. The Kier molecular flexibility index (Phi) is 4.01. The fourth-order valence-corrected chi connectivity index (χ4v) is 2.13. The molecule has 0 saturated carbocycles. The molecule has 1 fully saturated rings. The van der Waals surface area contributed by atoms with Crippen molar-refractivity contribution in [2.24, 2.45) is 0 Å². The predicted octanol–water partition coefficient (Wildman–Crippen LogP) is 2.17. The SMILES string of the molecule is O=C1C(Nc2ccc([N+](=O)[O-])cc2)CCN1CC(F)(F)F. The van der Waals surface area contributed by atoms with Gasteiger partial charge >= 0.3 is 6.18 Å². The van der Waals surface area contributed by atoms with E-state index in [1.807, 2.05) is 0 Å². The average molecular weight is 303 g/mol. The van der Waals surface area contributed by atoms with Crippen LogP contribution in [0, 0.1) is 10.1 Å². The summed E-state index contributed by atoms with van der Waals surface area (Å²) in [5, 5.41) is 13.3. The average Bonchev–Trinajstić information content (AvgIpc) is 2.70. The molecule has 1 amide bonds. The van der Waals surface area contributed by atoms with Crippen LogP contribution in [0.2, 0.25) is 0 Å². The van der Waals surface area contributed by atoms with Gasteiger partial charge in [-0.2, -0.15) is 13.2 Å². The lowest BCUT2D eigenvalue weighted by Gasteiger charge is -2.19. The summed E-state index contributed by atoms with van der Waals surface area (Å²) in [7, 11) is 0. The molecule has 1 atom stereocenters. The topological polar surface area (TPSA) is 75.5 Å². The smallest absolute Gasteiger partial charge is 0.374 e. The van der Waals surface area contributed by atoms with E-state index in [1.165, 1.54) is 24.3 Å². The van der Waals surface area contributed by atoms with Crippen LogP contribution in [0.3, 0.4) is 0 Å². The molecule has 9 heteroatoms. The van der Waals surface area contributed by atoms with Gasteiger partial charge in [-0.25, -0.2) is 0 Å². The number of carbonyl (C=O) groups is 1. The van der Waals surface area contributed by atoms with Crippen LogP contribution in [0.25, 0.3) is 0 Å². The molecule has 1 unspecified atom stereocenters. The maximum absolute atomic E-state index is 12.3. The standard InChI is InChI=1S/C12H12F3N3O3/c13-12(14,15)7-17-6-5-10(11(17)19)16-8-1-3-9(4-2-8)18(20)21/h1-4,10,16H,5-7H2. The summed E-state index contributed by atoms with van der Waals surface area (Å²) in [6.45, 7) is -1.23. The van der Waals surface area contributed by atoms with Crippen LogP contribution in [0.5, 0.6) is 0 Å². The van der Waals surface area contributed by atoms with Crippen molar-refractivity contribution in [3.8, 4) is 0 Å². The summed E-state index contributed by atoms with van der Waals surface area (Å²) < 4.78 is 36.8. The van der Waals surface area contributed by atoms with Crippen LogP contribution in [0.4, 0.5) is 24.5 Å². The predicted molar refractivity (Wildman–Crippen MR) is 67.8 cm³/mol. The molecule has 0 radical (unpaired) electrons. The van der Waals surface area contributed by atoms with Gasteiger partial charge in [-0.3, -0.25) is 14.9 Å². The molecular weight excluding hydrogens is 291 g/mol. The van der Waals surface area contributed by atoms with Crippen LogP contribution in [-0.2, 0) is 4.79 Å². The normalized spacial score (nSPS) is 18.9. The van der Waals surface area contributed by atoms with Crippen LogP contribution in [0.1, 0.15) is 6.42 Å². The number of alkyl halides is 3. The Labute approximate surface area is 117 Å². The van der Waals surface area contributed by atoms with Gasteiger partial charge in [0.15, 0.2) is 0 Å². The lowest BCUT2D eigenvalue weighted by Crippen LogP contribution is -2.39. The zero-order chi connectivity index (χ0) is 15.6. The Hall–Kier alpha value is -2.32. The van der Waals surface area contributed by atoms with Gasteiger partial charge in [0.25, 0.3) is 5.69 Å². The van der Waals surface area contributed by atoms with Crippen molar-refractivity contribution in [1.82, 2.24) is 4.90 Å². The summed E-state index contributed by atoms with van der Waals surface area (Å²) in [5.41, 5.74) is 0.352. The van der Waals surface area contributed by atoms with E-state index in [4.69, 9.17) is 0 Å². The summed E-state index contributed by atoms with van der Waals surface area (Å²) in [6.07, 6.45) is -4.16. The summed E-state index contributed by atoms with van der Waals surface area (Å²) in [4.78, 5) is 22.5. The first-order valence-corrected chi connectivity index (χ1v) is 6.13. The second kappa shape index (κ2) is 5.58. The summed E-state index contributed by atoms with van der Waals surface area (Å²) in [6, 6.07) is 4.61. The van der Waals surface area contributed by atoms with Crippen molar-refractivity contribution in [1.29, 1.82) is 0 Å². The summed E-state index contributed by atoms with van der Waals surface area (Å²) in [5.74, 6) is -0.620. The Balaban J connectivity index is 1.98. The molecule has 2 rings (SSSR count). The molecule has 1 saturated heterocycles. The lowest BCUT2D eigenvalue weighted by molar-refractivity contribution is -0.384. The molecule has 0 aromatic heterocycles. The first-order chi connectivity index (χ1) is 9.76. The molecule has 0 bridgehead atoms. The van der Waals surface area contributed by atoms with Crippen molar-refractivity contribution in [2.45, 2.75) is 18.6 Å². The number of nitrogens with zero attached hydrogens (tertiary/aromatic N) is 2. The van der Waals surface area contributed by atoms with E-state index >= 15 is 0 Å². The molecule has 1 aromatic carbocycles. The molecular formula is C12H12F3N3O3. The number of anilines is 1. The Morgan fingerprint density at radius 3 is 2.48 bits per heavy atom. The maximum Gasteiger partial charge on any atom is 0.406 e. The zero-order valence-corrected chi connectivity index (χ0v) is 10.8. The van der Waals surface area contributed by atoms with E-state index in [-0.39, 0.29) is 18.7 Å². The highest BCUT2D eigenvalue weighted by Crippen LogP contribution is 2.23. The van der Waals surface area contributed by atoms with E-state index in [0.717, 1.165) is 4.90 Å². The first kappa shape index (κ1) is 15.1. The second-order valence-corrected chi connectivity index (χ2v) is 4.66. The van der Waals surface area contributed by atoms with Gasteiger partial charge in [0, 0.05) is 24.4 Å². The molecule has 1 aromatic rings. The van der Waals surface area contributed by atoms with Gasteiger partial charge in [0.05, 0.1) is 4.92 Å². The van der Waals surface area contributed by atoms with E-state index in [2.05, 4.69) is 5.32 Å². The molecule has 114 valence electrons. The van der Waals surface area contributed by atoms with Gasteiger partial charge in [-0.1, -0.05) is 0 Å². The maximum atomic E-state index is 12.3. The fourth-order valence-electron chi connectivity index (χ4n) is 2.13. The molecule has 1 aliphatic rings. The number of hydrogen-bond acceptors (Lipinski definition) is 4. The number of benzene rings is 1. The second-order valence-electron chi connectivity index (χ2n) is 4.66. The number of carbonyl (C=O) groups excluding carboxylic acids is 1. The molecule has 1 aliphatic heterocycles. The third-order valence-corrected chi connectivity index (χ3v) is 3.09. The van der Waals surface area contributed by atoms with Crippen molar-refractivity contribution < 1.29 is 22.9 Å². The number of nitro groups is 1. The van der Waals surface area contributed by atoms with Gasteiger partial charge in [0.1, 0.15) is 12.6 Å². The zero-order valence-electron chi connectivity index (χ0n) is 10.8. The number of halogens is 3. The highest BCUT2D eigenvalue weighted by Gasteiger charge is 2.39. The van der Waals surface area contributed by atoms with Gasteiger partial charge < -0.3 is 10.2 Å². The third-order valence-electron chi connectivity index (χ3n) is 3.09. The highest BCUT2D eigenvalue weighted by molar-refractivity contribution is 5.86.